The van der Waals surface area contributed by atoms with Crippen LogP contribution >= 0.6 is 11.8 Å². The van der Waals surface area contributed by atoms with E-state index in [2.05, 4.69) is 43.4 Å². The predicted octanol–water partition coefficient (Wildman–Crippen LogP) is 5.21. The van der Waals surface area contributed by atoms with Gasteiger partial charge in [-0.05, 0) is 30.4 Å². The van der Waals surface area contributed by atoms with Crippen LogP contribution in [0.25, 0.3) is 0 Å². The van der Waals surface area contributed by atoms with E-state index in [4.69, 9.17) is 0 Å². The average molecular weight is 342 g/mol. The number of benzene rings is 2. The van der Waals surface area contributed by atoms with Crippen LogP contribution in [0.4, 0.5) is 0 Å². The minimum absolute atomic E-state index is 0.0661. The van der Waals surface area contributed by atoms with Crippen LogP contribution in [0.5, 0.6) is 0 Å². The van der Waals surface area contributed by atoms with Crippen LogP contribution in [0.2, 0.25) is 0 Å². The quantitative estimate of drug-likeness (QED) is 0.714. The molecule has 24 heavy (non-hydrogen) atoms. The Morgan fingerprint density at radius 1 is 0.958 bits per heavy atom. The lowest BCUT2D eigenvalue weighted by molar-refractivity contribution is -0.121. The Bertz CT molecular complexity index is 612. The summed E-state index contributed by atoms with van der Waals surface area (Å²) < 4.78 is 0. The van der Waals surface area contributed by atoms with Gasteiger partial charge in [-0.1, -0.05) is 74.5 Å². The molecule has 3 heteroatoms. The van der Waals surface area contributed by atoms with Gasteiger partial charge in [0.1, 0.15) is 0 Å². The van der Waals surface area contributed by atoms with E-state index in [1.165, 1.54) is 11.1 Å². The molecular weight excluding hydrogens is 314 g/mol. The molecule has 128 valence electrons. The number of thioether (sulfide) groups is 1. The van der Waals surface area contributed by atoms with Crippen molar-refractivity contribution in [3.05, 3.63) is 71.8 Å². The Balaban J connectivity index is 1.93. The van der Waals surface area contributed by atoms with Crippen molar-refractivity contribution in [3.8, 4) is 0 Å². The number of hydrogen-bond donors (Lipinski definition) is 1. The number of amides is 1. The third kappa shape index (κ3) is 6.04. The van der Waals surface area contributed by atoms with E-state index in [1.54, 1.807) is 11.8 Å². The van der Waals surface area contributed by atoms with Crippen molar-refractivity contribution in [2.24, 2.45) is 5.92 Å². The van der Waals surface area contributed by atoms with Crippen LogP contribution in [0.3, 0.4) is 0 Å². The van der Waals surface area contributed by atoms with Gasteiger partial charge in [-0.25, -0.2) is 0 Å². The molecule has 0 aliphatic carbocycles. The molecule has 1 N–H and O–H groups in total. The molecule has 0 fully saturated rings. The largest absolute Gasteiger partial charge is 0.348 e. The monoisotopic (exact) mass is 341 g/mol. The van der Waals surface area contributed by atoms with Gasteiger partial charge in [0.15, 0.2) is 0 Å². The maximum absolute atomic E-state index is 12.6. The van der Waals surface area contributed by atoms with Crippen LogP contribution < -0.4 is 5.32 Å². The number of carbonyl (C=O) groups excluding carboxylic acids is 1. The van der Waals surface area contributed by atoms with E-state index in [-0.39, 0.29) is 17.2 Å². The molecule has 0 saturated carbocycles. The second-order valence-electron chi connectivity index (χ2n) is 6.54. The first-order valence-electron chi connectivity index (χ1n) is 8.57. The first kappa shape index (κ1) is 18.6. The maximum atomic E-state index is 12.6. The van der Waals surface area contributed by atoms with Crippen LogP contribution in [0.15, 0.2) is 60.7 Å². The topological polar surface area (TPSA) is 29.1 Å². The van der Waals surface area contributed by atoms with Crippen molar-refractivity contribution >= 4 is 17.7 Å². The van der Waals surface area contributed by atoms with E-state index in [0.717, 1.165) is 12.2 Å². The third-order valence-electron chi connectivity index (χ3n) is 3.94. The molecule has 0 saturated heterocycles. The summed E-state index contributed by atoms with van der Waals surface area (Å²) in [6, 6.07) is 20.6. The van der Waals surface area contributed by atoms with Crippen LogP contribution in [-0.2, 0) is 10.5 Å². The summed E-state index contributed by atoms with van der Waals surface area (Å²) in [6.45, 7) is 6.37. The van der Waals surface area contributed by atoms with Crippen LogP contribution in [0, 0.1) is 5.92 Å². The second-order valence-corrected chi connectivity index (χ2v) is 7.87. The van der Waals surface area contributed by atoms with Crippen LogP contribution in [-0.4, -0.2) is 11.2 Å². The molecule has 2 nitrogen and oxygen atoms in total. The first-order chi connectivity index (χ1) is 11.6. The molecule has 0 aliphatic rings. The number of carbonyl (C=O) groups is 1. The fourth-order valence-electron chi connectivity index (χ4n) is 2.60. The number of rotatable bonds is 8. The molecule has 0 unspecified atom stereocenters. The summed E-state index contributed by atoms with van der Waals surface area (Å²) in [5.74, 6) is 1.50. The zero-order valence-corrected chi connectivity index (χ0v) is 15.6. The summed E-state index contributed by atoms with van der Waals surface area (Å²) >= 11 is 1.68. The SMILES string of the molecule is CC(C)C[C@@H](NC(=O)[C@@H](C)SCc1ccccc1)c1ccccc1. The van der Waals surface area contributed by atoms with Crippen molar-refractivity contribution in [1.82, 2.24) is 5.32 Å². The van der Waals surface area contributed by atoms with Crippen molar-refractivity contribution in [2.45, 2.75) is 44.2 Å². The van der Waals surface area contributed by atoms with E-state index < -0.39 is 0 Å². The third-order valence-corrected chi connectivity index (χ3v) is 5.15. The zero-order valence-electron chi connectivity index (χ0n) is 14.7. The molecule has 0 spiro atoms. The van der Waals surface area contributed by atoms with Gasteiger partial charge in [0.25, 0.3) is 0 Å². The van der Waals surface area contributed by atoms with Crippen molar-refractivity contribution in [1.29, 1.82) is 0 Å². The highest BCUT2D eigenvalue weighted by molar-refractivity contribution is 7.99. The molecule has 0 aliphatic heterocycles. The lowest BCUT2D eigenvalue weighted by atomic mass is 9.97. The summed E-state index contributed by atoms with van der Waals surface area (Å²) in [6.07, 6.45) is 0.950. The number of nitrogens with one attached hydrogen (secondary N) is 1. The molecule has 0 heterocycles. The summed E-state index contributed by atoms with van der Waals surface area (Å²) in [4.78, 5) is 12.6. The Kier molecular flexibility index (Phi) is 7.38. The molecule has 1 amide bonds. The Hall–Kier alpha value is -1.74. The van der Waals surface area contributed by atoms with Crippen LogP contribution in [0.1, 0.15) is 44.4 Å². The molecule has 2 aromatic carbocycles. The van der Waals surface area contributed by atoms with Crippen molar-refractivity contribution < 1.29 is 4.79 Å². The van der Waals surface area contributed by atoms with Crippen molar-refractivity contribution in [2.75, 3.05) is 0 Å². The van der Waals surface area contributed by atoms with Gasteiger partial charge < -0.3 is 5.32 Å². The number of hydrogen-bond acceptors (Lipinski definition) is 2. The summed E-state index contributed by atoms with van der Waals surface area (Å²) in [7, 11) is 0. The minimum atomic E-state index is -0.0661. The minimum Gasteiger partial charge on any atom is -0.348 e. The normalized spacial score (nSPS) is 13.5. The predicted molar refractivity (Wildman–Crippen MR) is 104 cm³/mol. The lowest BCUT2D eigenvalue weighted by Gasteiger charge is -2.23. The highest BCUT2D eigenvalue weighted by Crippen LogP contribution is 2.23. The highest BCUT2D eigenvalue weighted by Gasteiger charge is 2.20. The fraction of sp³-hybridized carbons (Fsp3) is 0.381. The fourth-order valence-corrected chi connectivity index (χ4v) is 3.45. The Labute approximate surface area is 150 Å². The van der Waals surface area contributed by atoms with Gasteiger partial charge >= 0.3 is 0 Å². The maximum Gasteiger partial charge on any atom is 0.233 e. The smallest absolute Gasteiger partial charge is 0.233 e. The van der Waals surface area contributed by atoms with E-state index in [0.29, 0.717) is 5.92 Å². The lowest BCUT2D eigenvalue weighted by Crippen LogP contribution is -2.35. The second kappa shape index (κ2) is 9.53. The van der Waals surface area contributed by atoms with E-state index >= 15 is 0 Å². The molecule has 2 atom stereocenters. The molecular formula is C21H27NOS. The van der Waals surface area contributed by atoms with Gasteiger partial charge in [0, 0.05) is 5.75 Å². The average Bonchev–Trinajstić information content (AvgIpc) is 2.60. The zero-order chi connectivity index (χ0) is 17.4. The molecule has 2 rings (SSSR count). The van der Waals surface area contributed by atoms with Gasteiger partial charge in [0.05, 0.1) is 11.3 Å². The van der Waals surface area contributed by atoms with E-state index in [9.17, 15) is 4.79 Å². The summed E-state index contributed by atoms with van der Waals surface area (Å²) in [5.41, 5.74) is 2.43. The highest BCUT2D eigenvalue weighted by atomic mass is 32.2. The van der Waals surface area contributed by atoms with Crippen molar-refractivity contribution in [3.63, 3.8) is 0 Å². The summed E-state index contributed by atoms with van der Waals surface area (Å²) in [5, 5.41) is 3.17. The Morgan fingerprint density at radius 2 is 1.54 bits per heavy atom. The van der Waals surface area contributed by atoms with Gasteiger partial charge in [0.2, 0.25) is 5.91 Å². The molecule has 0 radical (unpaired) electrons. The molecule has 2 aromatic rings. The first-order valence-corrected chi connectivity index (χ1v) is 9.62. The van der Waals surface area contributed by atoms with E-state index in [1.807, 2.05) is 43.3 Å². The van der Waals surface area contributed by atoms with Gasteiger partial charge in [-0.2, -0.15) is 0 Å². The standard InChI is InChI=1S/C21H27NOS/c1-16(2)14-20(19-12-8-5-9-13-19)22-21(23)17(3)24-15-18-10-6-4-7-11-18/h4-13,16-17,20H,14-15H2,1-3H3,(H,22,23)/t17-,20-/m1/s1. The Morgan fingerprint density at radius 3 is 2.12 bits per heavy atom. The van der Waals surface area contributed by atoms with Gasteiger partial charge in [-0.3, -0.25) is 4.79 Å². The van der Waals surface area contributed by atoms with Gasteiger partial charge in [-0.15, -0.1) is 11.8 Å². The molecule has 0 aromatic heterocycles. The molecule has 0 bridgehead atoms.